The molecule has 1 N–H and O–H groups in total. The molecule has 1 aliphatic carbocycles. The molecular formula is C35H48N6O3. The summed E-state index contributed by atoms with van der Waals surface area (Å²) in [7, 11) is 0. The molecule has 1 saturated heterocycles. The zero-order valence-corrected chi connectivity index (χ0v) is 26.7. The van der Waals surface area contributed by atoms with Crippen LogP contribution in [-0.2, 0) is 17.8 Å². The Kier molecular flexibility index (Phi) is 9.40. The summed E-state index contributed by atoms with van der Waals surface area (Å²) in [4.78, 5) is 31.2. The second-order valence-corrected chi connectivity index (χ2v) is 12.9. The predicted molar refractivity (Wildman–Crippen MR) is 176 cm³/mol. The number of hydrogen-bond donors (Lipinski definition) is 1. The van der Waals surface area contributed by atoms with E-state index in [9.17, 15) is 9.90 Å². The lowest BCUT2D eigenvalue weighted by molar-refractivity contribution is -0.129. The Morgan fingerprint density at radius 2 is 1.82 bits per heavy atom. The van der Waals surface area contributed by atoms with Gasteiger partial charge >= 0.3 is 6.01 Å². The number of phenolic OH excluding ortho intramolecular Hbond substituents is 1. The molecule has 6 rings (SSSR count). The zero-order chi connectivity index (χ0) is 30.6. The second-order valence-electron chi connectivity index (χ2n) is 12.9. The van der Waals surface area contributed by atoms with Crippen molar-refractivity contribution >= 4 is 28.2 Å². The fourth-order valence-corrected chi connectivity index (χ4v) is 7.34. The smallest absolute Gasteiger partial charge is 0.318 e. The second kappa shape index (κ2) is 13.6. The number of fused-ring (bicyclic) bond motifs is 2. The van der Waals surface area contributed by atoms with Crippen LogP contribution in [0.1, 0.15) is 64.1 Å². The molecule has 1 amide bonds. The van der Waals surface area contributed by atoms with E-state index in [2.05, 4.69) is 34.6 Å². The van der Waals surface area contributed by atoms with Crippen molar-refractivity contribution in [2.75, 3.05) is 62.2 Å². The van der Waals surface area contributed by atoms with Crippen LogP contribution in [0.2, 0.25) is 0 Å². The molecule has 9 nitrogen and oxygen atoms in total. The van der Waals surface area contributed by atoms with Gasteiger partial charge in [0, 0.05) is 80.9 Å². The van der Waals surface area contributed by atoms with E-state index in [1.807, 2.05) is 35.2 Å². The van der Waals surface area contributed by atoms with Crippen molar-refractivity contribution in [3.05, 3.63) is 47.7 Å². The molecule has 2 aliphatic heterocycles. The lowest BCUT2D eigenvalue weighted by Gasteiger charge is -2.38. The highest BCUT2D eigenvalue weighted by atomic mass is 16.5. The Hall–Kier alpha value is -3.59. The summed E-state index contributed by atoms with van der Waals surface area (Å²) in [6.07, 6.45) is 7.46. The first-order valence-corrected chi connectivity index (χ1v) is 16.6. The minimum Gasteiger partial charge on any atom is -0.508 e. The van der Waals surface area contributed by atoms with Gasteiger partial charge in [0.05, 0.1) is 18.8 Å². The Balaban J connectivity index is 1.24. The van der Waals surface area contributed by atoms with Crippen molar-refractivity contribution in [2.45, 2.75) is 71.9 Å². The first kappa shape index (κ1) is 30.4. The Bertz CT molecular complexity index is 1450. The number of benzene rings is 2. The van der Waals surface area contributed by atoms with Gasteiger partial charge in [-0.3, -0.25) is 4.79 Å². The minimum absolute atomic E-state index is 0.121. The molecule has 1 unspecified atom stereocenters. The normalized spacial score (nSPS) is 18.5. The van der Waals surface area contributed by atoms with Gasteiger partial charge in [0.1, 0.15) is 11.6 Å². The van der Waals surface area contributed by atoms with E-state index in [-0.39, 0.29) is 11.7 Å². The molecule has 3 heterocycles. The average molecular weight is 601 g/mol. The largest absolute Gasteiger partial charge is 0.508 e. The molecule has 2 fully saturated rings. The first-order chi connectivity index (χ1) is 21.4. The highest BCUT2D eigenvalue weighted by Crippen LogP contribution is 2.36. The molecule has 1 atom stereocenters. The third-order valence-electron chi connectivity index (χ3n) is 9.75. The van der Waals surface area contributed by atoms with Crippen molar-refractivity contribution < 1.29 is 14.6 Å². The van der Waals surface area contributed by atoms with Crippen molar-refractivity contribution in [1.29, 1.82) is 0 Å². The van der Waals surface area contributed by atoms with Crippen LogP contribution in [0.25, 0.3) is 10.8 Å². The number of aromatic hydroxyl groups is 1. The zero-order valence-electron chi connectivity index (χ0n) is 26.7. The topological polar surface area (TPSA) is 85.3 Å². The third kappa shape index (κ3) is 6.72. The van der Waals surface area contributed by atoms with Gasteiger partial charge in [-0.1, -0.05) is 57.4 Å². The number of aromatic nitrogens is 2. The molecule has 0 spiro atoms. The van der Waals surface area contributed by atoms with E-state index in [0.717, 1.165) is 72.7 Å². The van der Waals surface area contributed by atoms with Crippen LogP contribution in [-0.4, -0.2) is 89.2 Å². The van der Waals surface area contributed by atoms with Crippen LogP contribution in [0.5, 0.6) is 11.8 Å². The van der Waals surface area contributed by atoms with E-state index in [1.54, 1.807) is 6.92 Å². The Morgan fingerprint density at radius 1 is 1.05 bits per heavy atom. The summed E-state index contributed by atoms with van der Waals surface area (Å²) >= 11 is 0. The number of carbonyl (C=O) groups excluding carboxylic acids is 1. The molecule has 1 saturated carbocycles. The van der Waals surface area contributed by atoms with Crippen molar-refractivity contribution in [1.82, 2.24) is 19.8 Å². The molecule has 236 valence electrons. The molecule has 0 radical (unpaired) electrons. The van der Waals surface area contributed by atoms with Crippen molar-refractivity contribution in [2.24, 2.45) is 5.92 Å². The maximum atomic E-state index is 12.0. The molecule has 9 heteroatoms. The number of amides is 1. The van der Waals surface area contributed by atoms with Gasteiger partial charge in [0.25, 0.3) is 0 Å². The highest BCUT2D eigenvalue weighted by molar-refractivity contribution is 5.95. The monoisotopic (exact) mass is 600 g/mol. The number of phenols is 1. The van der Waals surface area contributed by atoms with Crippen LogP contribution in [0.4, 0.5) is 11.5 Å². The average Bonchev–Trinajstić information content (AvgIpc) is 3.05. The van der Waals surface area contributed by atoms with Gasteiger partial charge < -0.3 is 29.4 Å². The van der Waals surface area contributed by atoms with Gasteiger partial charge in [-0.2, -0.15) is 9.97 Å². The number of carbonyl (C=O) groups is 1. The summed E-state index contributed by atoms with van der Waals surface area (Å²) < 4.78 is 6.39. The van der Waals surface area contributed by atoms with E-state index >= 15 is 0 Å². The predicted octanol–water partition coefficient (Wildman–Crippen LogP) is 5.24. The lowest BCUT2D eigenvalue weighted by atomic mass is 9.93. The minimum atomic E-state index is 0.121. The van der Waals surface area contributed by atoms with E-state index < -0.39 is 0 Å². The third-order valence-corrected chi connectivity index (χ3v) is 9.75. The summed E-state index contributed by atoms with van der Waals surface area (Å²) in [5.41, 5.74) is 3.15. The molecular weight excluding hydrogens is 552 g/mol. The summed E-state index contributed by atoms with van der Waals surface area (Å²) in [6, 6.07) is 13.0. The van der Waals surface area contributed by atoms with Crippen LogP contribution < -0.4 is 14.5 Å². The number of anilines is 2. The molecule has 0 bridgehead atoms. The fraction of sp³-hybridized carbons (Fsp3) is 0.571. The number of ether oxygens (including phenoxy) is 1. The summed E-state index contributed by atoms with van der Waals surface area (Å²) in [6.45, 7) is 13.1. The summed E-state index contributed by atoms with van der Waals surface area (Å²) in [5.74, 6) is 1.69. The number of hydrogen-bond acceptors (Lipinski definition) is 8. The number of rotatable bonds is 9. The van der Waals surface area contributed by atoms with Gasteiger partial charge in [0.2, 0.25) is 5.91 Å². The van der Waals surface area contributed by atoms with Crippen molar-refractivity contribution in [3.8, 4) is 11.8 Å². The first-order valence-electron chi connectivity index (χ1n) is 16.6. The lowest BCUT2D eigenvalue weighted by Crippen LogP contribution is -2.49. The molecule has 3 aromatic rings. The SMILES string of the molecule is CCN(CC(C)COc1nc2c(c(N3CCN(C(C)=O)CC3)n1)CCN(c1cc(O)cc3ccccc13)C2)C1CCCCC1. The maximum absolute atomic E-state index is 12.0. The molecule has 44 heavy (non-hydrogen) atoms. The standard InChI is InChI=1S/C35H48N6O3/c1-4-38(28-11-6-5-7-12-28)22-25(2)24-44-35-36-32-23-41(33-21-29(43)20-27-10-8-9-13-30(27)33)15-14-31(32)34(37-35)40-18-16-39(17-19-40)26(3)42/h8-10,13,20-21,25,28,43H,4-7,11-12,14-19,22-24H2,1-3H3. The van der Waals surface area contributed by atoms with Gasteiger partial charge in [-0.25, -0.2) is 0 Å². The molecule has 3 aliphatic rings. The Morgan fingerprint density at radius 3 is 2.57 bits per heavy atom. The van der Waals surface area contributed by atoms with Crippen LogP contribution in [0.15, 0.2) is 36.4 Å². The quantitative estimate of drug-likeness (QED) is 0.357. The molecule has 2 aromatic carbocycles. The molecule has 1 aromatic heterocycles. The maximum Gasteiger partial charge on any atom is 0.318 e. The summed E-state index contributed by atoms with van der Waals surface area (Å²) in [5, 5.41) is 12.7. The van der Waals surface area contributed by atoms with Crippen LogP contribution in [0, 0.1) is 5.92 Å². The van der Waals surface area contributed by atoms with E-state index in [1.165, 1.54) is 32.1 Å². The van der Waals surface area contributed by atoms with Crippen LogP contribution >= 0.6 is 0 Å². The van der Waals surface area contributed by atoms with Crippen molar-refractivity contribution in [3.63, 3.8) is 0 Å². The van der Waals surface area contributed by atoms with E-state index in [0.29, 0.717) is 44.2 Å². The number of piperazine rings is 1. The van der Waals surface area contributed by atoms with Gasteiger partial charge in [0.15, 0.2) is 0 Å². The van der Waals surface area contributed by atoms with E-state index in [4.69, 9.17) is 14.7 Å². The van der Waals surface area contributed by atoms with Crippen LogP contribution in [0.3, 0.4) is 0 Å². The van der Waals surface area contributed by atoms with Gasteiger partial charge in [-0.15, -0.1) is 0 Å². The fourth-order valence-electron chi connectivity index (χ4n) is 7.34. The number of nitrogens with zero attached hydrogens (tertiary/aromatic N) is 6. The highest BCUT2D eigenvalue weighted by Gasteiger charge is 2.29. The Labute approximate surface area is 261 Å². The van der Waals surface area contributed by atoms with Gasteiger partial charge in [-0.05, 0) is 37.3 Å².